The van der Waals surface area contributed by atoms with Gasteiger partial charge in [0.1, 0.15) is 13.9 Å². The van der Waals surface area contributed by atoms with Crippen LogP contribution in [0.4, 0.5) is 22.7 Å². The van der Waals surface area contributed by atoms with Gasteiger partial charge in [-0.3, -0.25) is 0 Å². The Balaban J connectivity index is 0.00000352. The van der Waals surface area contributed by atoms with Crippen LogP contribution in [0.5, 0.6) is 11.5 Å². The summed E-state index contributed by atoms with van der Waals surface area (Å²) in [7, 11) is -2.77. The number of pyridine rings is 1. The third-order valence-electron chi connectivity index (χ3n) is 11.3. The summed E-state index contributed by atoms with van der Waals surface area (Å²) in [5, 5.41) is 7.78. The molecule has 0 unspecified atom stereocenters. The molecule has 0 fully saturated rings. The number of fused-ring (bicyclic) bond motifs is 12. The Labute approximate surface area is 334 Å². The van der Waals surface area contributed by atoms with Crippen LogP contribution in [0.15, 0.2) is 170 Å². The van der Waals surface area contributed by atoms with Gasteiger partial charge in [-0.2, -0.15) is 12.1 Å². The number of benzene rings is 7. The summed E-state index contributed by atoms with van der Waals surface area (Å²) in [6, 6.07) is 65.9. The first-order valence-corrected chi connectivity index (χ1v) is 20.2. The molecule has 1 spiro atoms. The normalized spacial score (nSPS) is 14.0. The van der Waals surface area contributed by atoms with Gasteiger partial charge in [0.05, 0.1) is 0 Å². The zero-order chi connectivity index (χ0) is 35.4. The van der Waals surface area contributed by atoms with Crippen LogP contribution in [0.1, 0.15) is 0 Å². The summed E-state index contributed by atoms with van der Waals surface area (Å²) in [4.78, 5) is 9.35. The molecule has 12 rings (SSSR count). The summed E-state index contributed by atoms with van der Waals surface area (Å²) in [6.07, 6.45) is 1.83. The Morgan fingerprint density at radius 1 is 0.545 bits per heavy atom. The number of aromatic nitrogens is 2. The fourth-order valence-corrected chi connectivity index (χ4v) is 14.7. The first-order chi connectivity index (χ1) is 26.8. The molecule has 2 aromatic heterocycles. The van der Waals surface area contributed by atoms with Crippen molar-refractivity contribution in [3.05, 3.63) is 189 Å². The van der Waals surface area contributed by atoms with E-state index in [1.807, 2.05) is 30.5 Å². The van der Waals surface area contributed by atoms with Gasteiger partial charge in [0, 0.05) is 61.3 Å². The number of hydrogen-bond acceptors (Lipinski definition) is 4. The molecule has 7 heteroatoms. The van der Waals surface area contributed by atoms with Crippen LogP contribution in [-0.4, -0.2) is 17.6 Å². The third-order valence-corrected chi connectivity index (χ3v) is 16.2. The van der Waals surface area contributed by atoms with Crippen molar-refractivity contribution in [3.8, 4) is 28.4 Å². The molecule has 0 saturated heterocycles. The molecule has 5 nitrogen and oxygen atoms in total. The predicted octanol–water partition coefficient (Wildman–Crippen LogP) is 8.65. The van der Waals surface area contributed by atoms with Crippen molar-refractivity contribution in [1.82, 2.24) is 9.55 Å². The quantitative estimate of drug-likeness (QED) is 0.131. The first kappa shape index (κ1) is 32.2. The summed E-state index contributed by atoms with van der Waals surface area (Å²) in [5.74, 6) is 2.10. The van der Waals surface area contributed by atoms with E-state index < -0.39 is 8.07 Å². The Bertz CT molecular complexity index is 2940. The summed E-state index contributed by atoms with van der Waals surface area (Å²) in [6.45, 7) is 2.22. The zero-order valence-corrected chi connectivity index (χ0v) is 32.5. The Morgan fingerprint density at radius 2 is 1.24 bits per heavy atom. The maximum absolute atomic E-state index is 6.76. The van der Waals surface area contributed by atoms with Gasteiger partial charge >= 0.3 is 0 Å². The average molecular weight is 901 g/mol. The molecule has 0 atom stereocenters. The smallest absolute Gasteiger partial charge is 0.135 e. The molecule has 0 saturated carbocycles. The van der Waals surface area contributed by atoms with E-state index in [0.29, 0.717) is 11.5 Å². The van der Waals surface area contributed by atoms with E-state index in [-0.39, 0.29) is 21.1 Å². The van der Waals surface area contributed by atoms with E-state index in [9.17, 15) is 0 Å². The Morgan fingerprint density at radius 3 is 2.04 bits per heavy atom. The van der Waals surface area contributed by atoms with E-state index >= 15 is 0 Å². The zero-order valence-electron chi connectivity index (χ0n) is 29.3. The molecule has 7 aromatic carbocycles. The van der Waals surface area contributed by atoms with Crippen molar-refractivity contribution in [2.24, 2.45) is 0 Å². The summed E-state index contributed by atoms with van der Waals surface area (Å²) < 4.78 is 8.92. The van der Waals surface area contributed by atoms with Crippen LogP contribution in [0.25, 0.3) is 38.8 Å². The summed E-state index contributed by atoms with van der Waals surface area (Å²) in [5.41, 5.74) is 9.16. The van der Waals surface area contributed by atoms with Crippen LogP contribution in [0.3, 0.4) is 0 Å². The molecule has 9 aromatic rings. The second-order valence-corrected chi connectivity index (χ2v) is 17.7. The van der Waals surface area contributed by atoms with E-state index in [1.165, 1.54) is 43.2 Å². The average Bonchev–Trinajstić information content (AvgIpc) is 3.88. The number of nitrogens with zero attached hydrogens (tertiary/aromatic N) is 4. The van der Waals surface area contributed by atoms with Gasteiger partial charge in [-0.25, -0.2) is 4.98 Å². The molecule has 3 aliphatic heterocycles. The predicted molar refractivity (Wildman–Crippen MR) is 220 cm³/mol. The molecule has 55 heavy (non-hydrogen) atoms. The van der Waals surface area contributed by atoms with Crippen LogP contribution in [0.2, 0.25) is 0 Å². The second kappa shape index (κ2) is 12.2. The number of rotatable bonds is 4. The Kier molecular flexibility index (Phi) is 7.13. The summed E-state index contributed by atoms with van der Waals surface area (Å²) >= 11 is 0. The Hall–Kier alpha value is -6.20. The number of anilines is 4. The van der Waals surface area contributed by atoms with Crippen molar-refractivity contribution in [2.75, 3.05) is 9.80 Å². The van der Waals surface area contributed by atoms with E-state index in [2.05, 4.69) is 173 Å². The molecular weight excluding hydrogens is 872 g/mol. The topological polar surface area (TPSA) is 33.5 Å². The minimum absolute atomic E-state index is 0. The van der Waals surface area contributed by atoms with E-state index in [0.717, 1.165) is 39.0 Å². The van der Waals surface area contributed by atoms with Gasteiger partial charge in [0.2, 0.25) is 0 Å². The standard InChI is InChI=1S/C48H29N4OSi.Pt/c1-2-13-32(14-3-1)50-31-51-42-30-34(53-33-24-26-36-35-15-4-7-18-39(35)52(41(36)29-33)47-23-10-11-28-49-47)25-27-45(42)54(46-22-12-19-40(50)48(46)51)43-20-8-5-16-37(43)38-17-6-9-21-44(38)54;/h1-28,31H;/q-3;. The van der Waals surface area contributed by atoms with Gasteiger partial charge < -0.3 is 19.1 Å². The van der Waals surface area contributed by atoms with Crippen LogP contribution in [-0.2, 0) is 21.1 Å². The van der Waals surface area contributed by atoms with E-state index in [1.54, 1.807) is 0 Å². The fraction of sp³-hybridized carbons (Fsp3) is 0. The minimum atomic E-state index is -2.77. The molecule has 0 amide bonds. The van der Waals surface area contributed by atoms with Gasteiger partial charge in [0.25, 0.3) is 0 Å². The number of hydrogen-bond donors (Lipinski definition) is 0. The maximum atomic E-state index is 6.76. The van der Waals surface area contributed by atoms with Gasteiger partial charge in [-0.05, 0) is 68.5 Å². The van der Waals surface area contributed by atoms with Crippen LogP contribution in [0, 0.1) is 18.8 Å². The maximum Gasteiger partial charge on any atom is 0.135 e. The van der Waals surface area contributed by atoms with Crippen molar-refractivity contribution < 1.29 is 25.8 Å². The van der Waals surface area contributed by atoms with Gasteiger partial charge in [-0.1, -0.05) is 114 Å². The van der Waals surface area contributed by atoms with Crippen molar-refractivity contribution in [3.63, 3.8) is 0 Å². The molecule has 0 N–H and O–H groups in total. The van der Waals surface area contributed by atoms with Crippen molar-refractivity contribution >= 4 is 73.4 Å². The molecule has 0 bridgehead atoms. The number of para-hydroxylation sites is 3. The molecule has 0 aliphatic carbocycles. The number of ether oxygens (including phenoxy) is 1. The SMILES string of the molecule is [Pt].[c-]1c(Oc2[c-]c3c(cc2)c2ccccc2n3-c2ccccn2)ccc2c1N1[CH-]N(c3ccccc3)c3cccc(c31)[Si]21c2ccccc2-c2ccccc21. The molecule has 0 radical (unpaired) electrons. The van der Waals surface area contributed by atoms with E-state index in [4.69, 9.17) is 9.72 Å². The largest absolute Gasteiger partial charge is 0.509 e. The molecular formula is C48H29N4OPtSi-3. The first-order valence-electron chi connectivity index (χ1n) is 18.2. The monoisotopic (exact) mass is 900 g/mol. The van der Waals surface area contributed by atoms with Crippen molar-refractivity contribution in [1.29, 1.82) is 0 Å². The van der Waals surface area contributed by atoms with Gasteiger partial charge in [0.15, 0.2) is 0 Å². The van der Waals surface area contributed by atoms with Crippen molar-refractivity contribution in [2.45, 2.75) is 0 Å². The minimum Gasteiger partial charge on any atom is -0.509 e. The second-order valence-electron chi connectivity index (χ2n) is 14.0. The fourth-order valence-electron chi connectivity index (χ4n) is 9.23. The van der Waals surface area contributed by atoms with Crippen LogP contribution < -0.4 is 35.3 Å². The third kappa shape index (κ3) is 4.41. The van der Waals surface area contributed by atoms with Gasteiger partial charge in [-0.15, -0.1) is 41.5 Å². The molecule has 264 valence electrons. The molecule has 5 heterocycles. The van der Waals surface area contributed by atoms with Crippen LogP contribution >= 0.6 is 0 Å². The molecule has 3 aliphatic rings.